The first-order chi connectivity index (χ1) is 14.1. The summed E-state index contributed by atoms with van der Waals surface area (Å²) >= 11 is 0. The molecular weight excluding hydrogens is 362 g/mol. The SMILES string of the molecule is COc1ccccc1N1CC[NH+](CC(=O)NCCc2ccc(C(C)C)cc2)CC1. The Balaban J connectivity index is 1.38. The average Bonchev–Trinajstić information content (AvgIpc) is 2.74. The van der Waals surface area contributed by atoms with E-state index >= 15 is 0 Å². The van der Waals surface area contributed by atoms with Crippen molar-refractivity contribution in [2.75, 3.05) is 51.3 Å². The van der Waals surface area contributed by atoms with Crippen molar-refractivity contribution in [3.05, 3.63) is 59.7 Å². The average molecular weight is 397 g/mol. The van der Waals surface area contributed by atoms with E-state index in [4.69, 9.17) is 4.74 Å². The Morgan fingerprint density at radius 1 is 1.10 bits per heavy atom. The molecule has 2 aromatic carbocycles. The number of nitrogens with zero attached hydrogens (tertiary/aromatic N) is 1. The van der Waals surface area contributed by atoms with Gasteiger partial charge in [-0.1, -0.05) is 50.2 Å². The number of carbonyl (C=O) groups is 1. The molecule has 1 aliphatic rings. The van der Waals surface area contributed by atoms with Crippen LogP contribution in [-0.4, -0.2) is 52.3 Å². The summed E-state index contributed by atoms with van der Waals surface area (Å²) in [5.74, 6) is 1.61. The molecule has 1 fully saturated rings. The number of nitrogens with one attached hydrogen (secondary N) is 2. The number of carbonyl (C=O) groups excluding carboxylic acids is 1. The van der Waals surface area contributed by atoms with Gasteiger partial charge in [0.05, 0.1) is 39.0 Å². The zero-order valence-electron chi connectivity index (χ0n) is 17.9. The van der Waals surface area contributed by atoms with Crippen LogP contribution in [0.5, 0.6) is 5.75 Å². The van der Waals surface area contributed by atoms with Crippen molar-refractivity contribution in [2.45, 2.75) is 26.2 Å². The van der Waals surface area contributed by atoms with E-state index in [0.717, 1.165) is 44.0 Å². The molecule has 5 nitrogen and oxygen atoms in total. The van der Waals surface area contributed by atoms with Crippen LogP contribution in [0.4, 0.5) is 5.69 Å². The van der Waals surface area contributed by atoms with Crippen molar-refractivity contribution in [3.8, 4) is 5.75 Å². The molecule has 0 aromatic heterocycles. The molecule has 1 heterocycles. The highest BCUT2D eigenvalue weighted by atomic mass is 16.5. The topological polar surface area (TPSA) is 46.0 Å². The van der Waals surface area contributed by atoms with Gasteiger partial charge in [-0.05, 0) is 35.6 Å². The molecule has 0 saturated carbocycles. The third-order valence-electron chi connectivity index (χ3n) is 5.69. The van der Waals surface area contributed by atoms with Gasteiger partial charge in [0.15, 0.2) is 6.54 Å². The smallest absolute Gasteiger partial charge is 0.275 e. The lowest BCUT2D eigenvalue weighted by Gasteiger charge is -2.34. The van der Waals surface area contributed by atoms with Crippen LogP contribution < -0.4 is 19.9 Å². The number of ether oxygens (including phenoxy) is 1. The van der Waals surface area contributed by atoms with Crippen molar-refractivity contribution >= 4 is 11.6 Å². The van der Waals surface area contributed by atoms with Gasteiger partial charge >= 0.3 is 0 Å². The summed E-state index contributed by atoms with van der Waals surface area (Å²) in [5.41, 5.74) is 3.77. The van der Waals surface area contributed by atoms with Crippen molar-refractivity contribution in [2.24, 2.45) is 0 Å². The van der Waals surface area contributed by atoms with Gasteiger partial charge in [-0.3, -0.25) is 4.79 Å². The Morgan fingerprint density at radius 3 is 2.45 bits per heavy atom. The van der Waals surface area contributed by atoms with E-state index in [2.05, 4.69) is 54.4 Å². The standard InChI is InChI=1S/C24H33N3O2/c1-19(2)21-10-8-20(9-11-21)12-13-25-24(28)18-26-14-16-27(17-15-26)22-6-4-5-7-23(22)29-3/h4-11,19H,12-18H2,1-3H3,(H,25,28)/p+1. The molecule has 0 atom stereocenters. The van der Waals surface area contributed by atoms with Gasteiger partial charge in [0.25, 0.3) is 5.91 Å². The van der Waals surface area contributed by atoms with E-state index in [-0.39, 0.29) is 5.91 Å². The van der Waals surface area contributed by atoms with Gasteiger partial charge in [-0.25, -0.2) is 0 Å². The molecular formula is C24H34N3O2+. The number of hydrogen-bond donors (Lipinski definition) is 2. The highest BCUT2D eigenvalue weighted by Gasteiger charge is 2.23. The molecule has 0 aliphatic carbocycles. The fraction of sp³-hybridized carbons (Fsp3) is 0.458. The summed E-state index contributed by atoms with van der Waals surface area (Å²) in [6.45, 7) is 9.44. The first-order valence-electron chi connectivity index (χ1n) is 10.6. The highest BCUT2D eigenvalue weighted by molar-refractivity contribution is 5.76. The van der Waals surface area contributed by atoms with E-state index in [1.807, 2.05) is 18.2 Å². The largest absolute Gasteiger partial charge is 0.495 e. The number of rotatable bonds is 8. The van der Waals surface area contributed by atoms with Gasteiger partial charge in [0, 0.05) is 6.54 Å². The summed E-state index contributed by atoms with van der Waals surface area (Å²) < 4.78 is 5.48. The van der Waals surface area contributed by atoms with E-state index in [9.17, 15) is 4.79 Å². The predicted molar refractivity (Wildman–Crippen MR) is 118 cm³/mol. The van der Waals surface area contributed by atoms with Crippen LogP contribution in [0.25, 0.3) is 0 Å². The molecule has 1 aliphatic heterocycles. The van der Waals surface area contributed by atoms with Crippen LogP contribution in [0.3, 0.4) is 0 Å². The van der Waals surface area contributed by atoms with Crippen molar-refractivity contribution in [3.63, 3.8) is 0 Å². The zero-order valence-corrected chi connectivity index (χ0v) is 17.9. The first kappa shape index (κ1) is 21.2. The number of para-hydroxylation sites is 2. The molecule has 2 N–H and O–H groups in total. The second-order valence-corrected chi connectivity index (χ2v) is 8.08. The number of methoxy groups -OCH3 is 1. The lowest BCUT2D eigenvalue weighted by Crippen LogP contribution is -3.16. The van der Waals surface area contributed by atoms with E-state index in [1.54, 1.807) is 7.11 Å². The minimum Gasteiger partial charge on any atom is -0.495 e. The third-order valence-corrected chi connectivity index (χ3v) is 5.69. The fourth-order valence-electron chi connectivity index (χ4n) is 3.84. The Hall–Kier alpha value is -2.53. The molecule has 5 heteroatoms. The molecule has 0 radical (unpaired) electrons. The maximum atomic E-state index is 12.3. The van der Waals surface area contributed by atoms with Crippen LogP contribution in [0.15, 0.2) is 48.5 Å². The molecule has 1 saturated heterocycles. The number of anilines is 1. The number of piperazine rings is 1. The van der Waals surface area contributed by atoms with Crippen LogP contribution in [0, 0.1) is 0 Å². The minimum atomic E-state index is 0.143. The van der Waals surface area contributed by atoms with Crippen LogP contribution in [0.2, 0.25) is 0 Å². The van der Waals surface area contributed by atoms with E-state index in [1.165, 1.54) is 16.0 Å². The molecule has 0 spiro atoms. The Kier molecular flexibility index (Phi) is 7.53. The molecule has 0 unspecified atom stereocenters. The monoisotopic (exact) mass is 396 g/mol. The molecule has 0 bridgehead atoms. The van der Waals surface area contributed by atoms with E-state index < -0.39 is 0 Å². The summed E-state index contributed by atoms with van der Waals surface area (Å²) in [7, 11) is 1.71. The summed E-state index contributed by atoms with van der Waals surface area (Å²) in [4.78, 5) is 16.0. The maximum Gasteiger partial charge on any atom is 0.275 e. The number of amides is 1. The van der Waals surface area contributed by atoms with Gasteiger partial charge < -0.3 is 19.9 Å². The Morgan fingerprint density at radius 2 is 1.79 bits per heavy atom. The van der Waals surface area contributed by atoms with E-state index in [0.29, 0.717) is 19.0 Å². The molecule has 2 aromatic rings. The zero-order chi connectivity index (χ0) is 20.6. The second-order valence-electron chi connectivity index (χ2n) is 8.08. The summed E-state index contributed by atoms with van der Waals surface area (Å²) in [6.07, 6.45) is 0.876. The molecule has 1 amide bonds. The van der Waals surface area contributed by atoms with Crippen LogP contribution in [0.1, 0.15) is 30.9 Å². The Bertz CT molecular complexity index is 781. The van der Waals surface area contributed by atoms with Gasteiger partial charge in [0.1, 0.15) is 5.75 Å². The maximum absolute atomic E-state index is 12.3. The third kappa shape index (κ3) is 5.97. The summed E-state index contributed by atoms with van der Waals surface area (Å²) in [5, 5.41) is 3.08. The van der Waals surface area contributed by atoms with Crippen molar-refractivity contribution in [1.29, 1.82) is 0 Å². The summed E-state index contributed by atoms with van der Waals surface area (Å²) in [6, 6.07) is 16.9. The minimum absolute atomic E-state index is 0.143. The highest BCUT2D eigenvalue weighted by Crippen LogP contribution is 2.27. The van der Waals surface area contributed by atoms with Crippen molar-refractivity contribution < 1.29 is 14.4 Å². The second kappa shape index (κ2) is 10.3. The van der Waals surface area contributed by atoms with Gasteiger partial charge in [-0.2, -0.15) is 0 Å². The Labute approximate surface area is 174 Å². The quantitative estimate of drug-likeness (QED) is 0.716. The molecule has 156 valence electrons. The number of hydrogen-bond acceptors (Lipinski definition) is 3. The number of quaternary nitrogens is 1. The lowest BCUT2D eigenvalue weighted by molar-refractivity contribution is -0.892. The first-order valence-corrected chi connectivity index (χ1v) is 10.6. The molecule has 29 heavy (non-hydrogen) atoms. The van der Waals surface area contributed by atoms with Crippen LogP contribution in [-0.2, 0) is 11.2 Å². The van der Waals surface area contributed by atoms with Crippen molar-refractivity contribution in [1.82, 2.24) is 5.32 Å². The molecule has 3 rings (SSSR count). The van der Waals surface area contributed by atoms with Gasteiger partial charge in [-0.15, -0.1) is 0 Å². The van der Waals surface area contributed by atoms with Crippen LogP contribution >= 0.6 is 0 Å². The van der Waals surface area contributed by atoms with Gasteiger partial charge in [0.2, 0.25) is 0 Å². The number of benzene rings is 2. The normalized spacial score (nSPS) is 14.8. The predicted octanol–water partition coefficient (Wildman–Crippen LogP) is 1.88. The lowest BCUT2D eigenvalue weighted by atomic mass is 10.0. The fourth-order valence-corrected chi connectivity index (χ4v) is 3.84.